The number of hydrogen-bond acceptors (Lipinski definition) is 4. The molecule has 2 rings (SSSR count). The molecule has 1 aromatic rings. The summed E-state index contributed by atoms with van der Waals surface area (Å²) in [6.07, 6.45) is 5.53. The molecule has 0 aromatic carbocycles. The van der Waals surface area contributed by atoms with Crippen molar-refractivity contribution in [2.45, 2.75) is 38.6 Å². The Labute approximate surface area is 99.9 Å². The zero-order chi connectivity index (χ0) is 12.3. The second-order valence-corrected chi connectivity index (χ2v) is 4.20. The highest BCUT2D eigenvalue weighted by molar-refractivity contribution is 5.65. The molecule has 1 aliphatic rings. The zero-order valence-electron chi connectivity index (χ0n) is 9.90. The van der Waals surface area contributed by atoms with Gasteiger partial charge in [0, 0.05) is 6.54 Å². The quantitative estimate of drug-likeness (QED) is 0.751. The van der Waals surface area contributed by atoms with Crippen molar-refractivity contribution in [3.8, 4) is 0 Å². The molecule has 5 heteroatoms. The molecule has 0 aliphatic carbocycles. The minimum absolute atomic E-state index is 0.252. The summed E-state index contributed by atoms with van der Waals surface area (Å²) in [4.78, 5) is 20.7. The molecular formula is C12H16FN3O. The van der Waals surface area contributed by atoms with Gasteiger partial charge in [-0.05, 0) is 25.7 Å². The molecule has 0 spiro atoms. The maximum Gasteiger partial charge on any atom is 0.187 e. The Balaban J connectivity index is 2.34. The van der Waals surface area contributed by atoms with Crippen molar-refractivity contribution in [2.24, 2.45) is 0 Å². The standard InChI is InChI=1S/C12H16FN3O/c1-2-10-11(13)12(15-8-14-10)16-6-4-3-5-9(16)7-17/h7-9H,2-6H2,1H3. The van der Waals surface area contributed by atoms with Gasteiger partial charge >= 0.3 is 0 Å². The second-order valence-electron chi connectivity index (χ2n) is 4.20. The Bertz CT molecular complexity index is 411. The maximum absolute atomic E-state index is 14.1. The van der Waals surface area contributed by atoms with E-state index in [2.05, 4.69) is 9.97 Å². The van der Waals surface area contributed by atoms with E-state index in [-0.39, 0.29) is 17.7 Å². The van der Waals surface area contributed by atoms with Crippen LogP contribution in [0.15, 0.2) is 6.33 Å². The van der Waals surface area contributed by atoms with Crippen LogP contribution >= 0.6 is 0 Å². The number of carbonyl (C=O) groups is 1. The fourth-order valence-electron chi connectivity index (χ4n) is 2.20. The summed E-state index contributed by atoms with van der Waals surface area (Å²) in [6.45, 7) is 2.53. The van der Waals surface area contributed by atoms with Crippen molar-refractivity contribution in [1.82, 2.24) is 9.97 Å². The maximum atomic E-state index is 14.1. The van der Waals surface area contributed by atoms with Gasteiger partial charge in [0.15, 0.2) is 11.6 Å². The zero-order valence-corrected chi connectivity index (χ0v) is 9.90. The Morgan fingerprint density at radius 2 is 2.35 bits per heavy atom. The van der Waals surface area contributed by atoms with Crippen LogP contribution in [0.2, 0.25) is 0 Å². The van der Waals surface area contributed by atoms with Gasteiger partial charge in [0.1, 0.15) is 12.6 Å². The smallest absolute Gasteiger partial charge is 0.187 e. The van der Waals surface area contributed by atoms with Gasteiger partial charge in [-0.15, -0.1) is 0 Å². The molecule has 92 valence electrons. The molecule has 0 amide bonds. The van der Waals surface area contributed by atoms with Crippen LogP contribution < -0.4 is 4.90 Å². The molecule has 2 heterocycles. The van der Waals surface area contributed by atoms with Crippen molar-refractivity contribution < 1.29 is 9.18 Å². The number of piperidine rings is 1. The number of aldehydes is 1. The average Bonchev–Trinajstić information content (AvgIpc) is 2.39. The first-order valence-electron chi connectivity index (χ1n) is 5.99. The van der Waals surface area contributed by atoms with Gasteiger partial charge < -0.3 is 9.69 Å². The van der Waals surface area contributed by atoms with Crippen molar-refractivity contribution >= 4 is 12.1 Å². The molecular weight excluding hydrogens is 221 g/mol. The predicted octanol–water partition coefficient (Wildman–Crippen LogP) is 1.74. The highest BCUT2D eigenvalue weighted by Crippen LogP contribution is 2.25. The molecule has 4 nitrogen and oxygen atoms in total. The lowest BCUT2D eigenvalue weighted by molar-refractivity contribution is -0.109. The van der Waals surface area contributed by atoms with E-state index in [0.29, 0.717) is 18.7 Å². The van der Waals surface area contributed by atoms with Gasteiger partial charge in [0.25, 0.3) is 0 Å². The highest BCUT2D eigenvalue weighted by Gasteiger charge is 2.26. The van der Waals surface area contributed by atoms with Crippen LogP contribution in [-0.2, 0) is 11.2 Å². The van der Waals surface area contributed by atoms with Crippen LogP contribution in [0.5, 0.6) is 0 Å². The van der Waals surface area contributed by atoms with Crippen molar-refractivity contribution in [3.63, 3.8) is 0 Å². The number of nitrogens with zero attached hydrogens (tertiary/aromatic N) is 3. The summed E-state index contributed by atoms with van der Waals surface area (Å²) in [5.41, 5.74) is 0.408. The molecule has 17 heavy (non-hydrogen) atoms. The number of aryl methyl sites for hydroxylation is 1. The molecule has 0 saturated carbocycles. The first kappa shape index (κ1) is 12.0. The van der Waals surface area contributed by atoms with E-state index in [0.717, 1.165) is 25.5 Å². The lowest BCUT2D eigenvalue weighted by atomic mass is 10.0. The van der Waals surface area contributed by atoms with E-state index in [1.807, 2.05) is 6.92 Å². The van der Waals surface area contributed by atoms with Crippen molar-refractivity contribution in [3.05, 3.63) is 17.8 Å². The molecule has 1 aliphatic heterocycles. The second kappa shape index (κ2) is 5.21. The first-order chi connectivity index (χ1) is 8.27. The molecule has 0 radical (unpaired) electrons. The molecule has 0 bridgehead atoms. The third kappa shape index (κ3) is 2.28. The molecule has 1 atom stereocenters. The van der Waals surface area contributed by atoms with Crippen molar-refractivity contribution in [2.75, 3.05) is 11.4 Å². The van der Waals surface area contributed by atoms with E-state index < -0.39 is 0 Å². The topological polar surface area (TPSA) is 46.1 Å². The summed E-state index contributed by atoms with van der Waals surface area (Å²) < 4.78 is 14.1. The van der Waals surface area contributed by atoms with Crippen LogP contribution in [0.25, 0.3) is 0 Å². The SMILES string of the molecule is CCc1ncnc(N2CCCCC2C=O)c1F. The Hall–Kier alpha value is -1.52. The summed E-state index contributed by atoms with van der Waals surface area (Å²) >= 11 is 0. The Morgan fingerprint density at radius 3 is 3.06 bits per heavy atom. The monoisotopic (exact) mass is 237 g/mol. The van der Waals surface area contributed by atoms with Crippen LogP contribution in [0, 0.1) is 5.82 Å². The van der Waals surface area contributed by atoms with Crippen LogP contribution in [0.3, 0.4) is 0 Å². The third-order valence-corrected chi connectivity index (χ3v) is 3.16. The van der Waals surface area contributed by atoms with Crippen LogP contribution in [0.1, 0.15) is 31.9 Å². The van der Waals surface area contributed by atoms with Crippen molar-refractivity contribution in [1.29, 1.82) is 0 Å². The minimum Gasteiger partial charge on any atom is -0.344 e. The molecule has 1 unspecified atom stereocenters. The summed E-state index contributed by atoms with van der Waals surface area (Å²) in [5.74, 6) is -0.114. The number of carbonyl (C=O) groups excluding carboxylic acids is 1. The number of anilines is 1. The number of rotatable bonds is 3. The minimum atomic E-state index is -0.385. The predicted molar refractivity (Wildman–Crippen MR) is 62.4 cm³/mol. The van der Waals surface area contributed by atoms with Gasteiger partial charge in [-0.25, -0.2) is 14.4 Å². The Kier molecular flexibility index (Phi) is 3.66. The van der Waals surface area contributed by atoms with E-state index in [9.17, 15) is 9.18 Å². The molecule has 1 aromatic heterocycles. The normalized spacial score (nSPS) is 20.4. The third-order valence-electron chi connectivity index (χ3n) is 3.16. The largest absolute Gasteiger partial charge is 0.344 e. The van der Waals surface area contributed by atoms with Gasteiger partial charge in [-0.2, -0.15) is 0 Å². The van der Waals surface area contributed by atoms with Crippen LogP contribution in [-0.4, -0.2) is 28.8 Å². The number of hydrogen-bond donors (Lipinski definition) is 0. The van der Waals surface area contributed by atoms with E-state index in [1.165, 1.54) is 6.33 Å². The summed E-state index contributed by atoms with van der Waals surface area (Å²) in [5, 5.41) is 0. The van der Waals surface area contributed by atoms with Gasteiger partial charge in [0.2, 0.25) is 0 Å². The van der Waals surface area contributed by atoms with E-state index in [1.54, 1.807) is 4.90 Å². The van der Waals surface area contributed by atoms with Gasteiger partial charge in [0.05, 0.1) is 11.7 Å². The lowest BCUT2D eigenvalue weighted by Gasteiger charge is -2.33. The molecule has 1 fully saturated rings. The number of aromatic nitrogens is 2. The Morgan fingerprint density at radius 1 is 1.53 bits per heavy atom. The van der Waals surface area contributed by atoms with Gasteiger partial charge in [-0.3, -0.25) is 0 Å². The fraction of sp³-hybridized carbons (Fsp3) is 0.583. The number of halogens is 1. The molecule has 0 N–H and O–H groups in total. The lowest BCUT2D eigenvalue weighted by Crippen LogP contribution is -2.41. The fourth-order valence-corrected chi connectivity index (χ4v) is 2.20. The van der Waals surface area contributed by atoms with E-state index in [4.69, 9.17) is 0 Å². The van der Waals surface area contributed by atoms with Crippen LogP contribution in [0.4, 0.5) is 10.2 Å². The van der Waals surface area contributed by atoms with Gasteiger partial charge in [-0.1, -0.05) is 6.92 Å². The molecule has 1 saturated heterocycles. The average molecular weight is 237 g/mol. The highest BCUT2D eigenvalue weighted by atomic mass is 19.1. The first-order valence-corrected chi connectivity index (χ1v) is 5.99. The summed E-state index contributed by atoms with van der Waals surface area (Å²) in [6, 6.07) is -0.252. The van der Waals surface area contributed by atoms with E-state index >= 15 is 0 Å². The summed E-state index contributed by atoms with van der Waals surface area (Å²) in [7, 11) is 0.